The molecule has 3 fully saturated rings. The van der Waals surface area contributed by atoms with Gasteiger partial charge in [0, 0.05) is 34.9 Å². The van der Waals surface area contributed by atoms with Crippen LogP contribution in [0.5, 0.6) is 0 Å². The van der Waals surface area contributed by atoms with E-state index < -0.39 is 123 Å². The molecule has 3 saturated heterocycles. The van der Waals surface area contributed by atoms with Crippen LogP contribution in [-0.2, 0) is 58.5 Å². The van der Waals surface area contributed by atoms with Gasteiger partial charge in [0.25, 0.3) is 17.7 Å². The lowest BCUT2D eigenvalue weighted by atomic mass is 9.82. The minimum atomic E-state index is -3.85. The second-order valence-corrected chi connectivity index (χ2v) is 22.2. The van der Waals surface area contributed by atoms with Crippen LogP contribution in [0.2, 0.25) is 18.6 Å². The topological polar surface area (TPSA) is 309 Å². The van der Waals surface area contributed by atoms with Crippen molar-refractivity contribution in [1.29, 1.82) is 0 Å². The highest BCUT2D eigenvalue weighted by Crippen LogP contribution is 2.61. The quantitative estimate of drug-likeness (QED) is 0.0842. The molecule has 0 unspecified atom stereocenters. The van der Waals surface area contributed by atoms with Crippen molar-refractivity contribution in [2.75, 3.05) is 22.1 Å². The number of hydrogen-bond acceptors (Lipinski definition) is 16. The summed E-state index contributed by atoms with van der Waals surface area (Å²) in [6.45, 7) is 4.28. The van der Waals surface area contributed by atoms with Crippen molar-refractivity contribution < 1.29 is 83.5 Å². The molecule has 0 aliphatic carbocycles. The highest BCUT2D eigenvalue weighted by atomic mass is 28.4. The van der Waals surface area contributed by atoms with E-state index in [9.17, 15) is 60.3 Å². The van der Waals surface area contributed by atoms with Gasteiger partial charge in [-0.15, -0.1) is 0 Å². The van der Waals surface area contributed by atoms with Crippen LogP contribution in [0.4, 0.5) is 21.2 Å². The van der Waals surface area contributed by atoms with Gasteiger partial charge in [0.05, 0.1) is 37.4 Å². The second kappa shape index (κ2) is 18.6. The lowest BCUT2D eigenvalue weighted by molar-refractivity contribution is -0.274. The van der Waals surface area contributed by atoms with Crippen molar-refractivity contribution in [1.82, 2.24) is 4.90 Å². The molecule has 0 bridgehead atoms. The molecule has 3 aromatic rings. The Morgan fingerprint density at radius 3 is 1.94 bits per heavy atom. The highest BCUT2D eigenvalue weighted by Gasteiger charge is 2.67. The van der Waals surface area contributed by atoms with E-state index in [0.717, 1.165) is 11.1 Å². The first kappa shape index (κ1) is 48.7. The van der Waals surface area contributed by atoms with E-state index >= 15 is 8.90 Å². The van der Waals surface area contributed by atoms with Crippen molar-refractivity contribution in [2.24, 2.45) is 5.92 Å². The molecule has 3 aromatic carbocycles. The van der Waals surface area contributed by atoms with Crippen LogP contribution < -0.4 is 15.5 Å². The molecule has 0 radical (unpaired) electrons. The normalized spacial score (nSPS) is 35.0. The third-order valence-corrected chi connectivity index (χ3v) is 16.2. The average molecular weight is 955 g/mol. The summed E-state index contributed by atoms with van der Waals surface area (Å²) in [4.78, 5) is 59.3. The molecule has 67 heavy (non-hydrogen) atoms. The van der Waals surface area contributed by atoms with Gasteiger partial charge in [0.15, 0.2) is 30.4 Å². The third kappa shape index (κ3) is 8.79. The molecular formula is C45H55FN4O16Si. The second-order valence-electron chi connectivity index (χ2n) is 18.4. The number of nitrogens with one attached hydrogen (secondary N) is 2. The van der Waals surface area contributed by atoms with E-state index in [0.29, 0.717) is 12.0 Å². The van der Waals surface area contributed by atoms with Gasteiger partial charge in [-0.3, -0.25) is 19.2 Å². The smallest absolute Gasteiger partial charge is 0.264 e. The monoisotopic (exact) mass is 954 g/mol. The summed E-state index contributed by atoms with van der Waals surface area (Å²) >= 11 is 0. The number of ether oxygens (including phenoxy) is 3. The summed E-state index contributed by atoms with van der Waals surface area (Å²) < 4.78 is 33.9. The predicted molar refractivity (Wildman–Crippen MR) is 233 cm³/mol. The Hall–Kier alpha value is -4.79. The van der Waals surface area contributed by atoms with E-state index in [2.05, 4.69) is 10.6 Å². The maximum Gasteiger partial charge on any atom is 0.264 e. The summed E-state index contributed by atoms with van der Waals surface area (Å²) in [6.07, 6.45) is -20.1. The number of carbonyl (C=O) groups is 4. The summed E-state index contributed by atoms with van der Waals surface area (Å²) in [6, 6.07) is 17.5. The number of nitrogens with zero attached hydrogens (tertiary/aromatic N) is 2. The zero-order valence-corrected chi connectivity index (χ0v) is 37.6. The fourth-order valence-corrected chi connectivity index (χ4v) is 12.8. The summed E-state index contributed by atoms with van der Waals surface area (Å²) in [5, 5.41) is 96.8. The number of amides is 4. The van der Waals surface area contributed by atoms with Gasteiger partial charge in [-0.2, -0.15) is 0 Å². The summed E-state index contributed by atoms with van der Waals surface area (Å²) in [5.74, 6) is -3.98. The van der Waals surface area contributed by atoms with Crippen molar-refractivity contribution in [3.05, 3.63) is 89.0 Å². The number of benzene rings is 3. The van der Waals surface area contributed by atoms with Gasteiger partial charge in [-0.05, 0) is 66.5 Å². The van der Waals surface area contributed by atoms with Gasteiger partial charge in [0.2, 0.25) is 14.3 Å². The molecule has 8 rings (SSSR count). The third-order valence-electron chi connectivity index (χ3n) is 13.7. The van der Waals surface area contributed by atoms with Crippen molar-refractivity contribution in [3.8, 4) is 0 Å². The first-order valence-corrected chi connectivity index (χ1v) is 24.9. The summed E-state index contributed by atoms with van der Waals surface area (Å²) in [7, 11) is -3.85. The fraction of sp³-hybridized carbons (Fsp3) is 0.511. The van der Waals surface area contributed by atoms with Gasteiger partial charge < -0.3 is 84.7 Å². The van der Waals surface area contributed by atoms with Crippen LogP contribution in [-0.4, -0.2) is 163 Å². The maximum atomic E-state index is 16.9. The van der Waals surface area contributed by atoms with Crippen molar-refractivity contribution >= 4 is 49.1 Å². The van der Waals surface area contributed by atoms with Gasteiger partial charge in [-0.25, -0.2) is 0 Å². The van der Waals surface area contributed by atoms with Gasteiger partial charge >= 0.3 is 0 Å². The molecule has 5 aliphatic rings. The molecule has 1 spiro atoms. The Balaban J connectivity index is 1.12. The minimum absolute atomic E-state index is 0.0321. The first-order chi connectivity index (χ1) is 31.7. The number of rotatable bonds is 10. The number of halogens is 1. The number of hydrogen-bond donors (Lipinski definition) is 11. The average Bonchev–Trinajstić information content (AvgIpc) is 3.71. The van der Waals surface area contributed by atoms with Crippen LogP contribution in [0, 0.1) is 5.92 Å². The van der Waals surface area contributed by atoms with Gasteiger partial charge in [0.1, 0.15) is 36.6 Å². The Morgan fingerprint density at radius 2 is 1.36 bits per heavy atom. The number of anilines is 3. The van der Waals surface area contributed by atoms with Crippen molar-refractivity contribution in [3.63, 3.8) is 0 Å². The number of fused-ring (bicyclic) bond motifs is 3. The van der Waals surface area contributed by atoms with Crippen LogP contribution in [0.1, 0.15) is 35.6 Å². The largest absolute Gasteiger partial charge is 0.394 e. The molecule has 22 heteroatoms. The molecule has 5 aliphatic heterocycles. The minimum Gasteiger partial charge on any atom is -0.394 e. The van der Waals surface area contributed by atoms with Crippen LogP contribution in [0.25, 0.3) is 0 Å². The molecule has 4 amide bonds. The molecule has 11 N–H and O–H groups in total. The lowest BCUT2D eigenvalue weighted by Crippen LogP contribution is -2.60. The van der Waals surface area contributed by atoms with Crippen LogP contribution in [0.3, 0.4) is 0 Å². The van der Waals surface area contributed by atoms with E-state index in [1.54, 1.807) is 24.0 Å². The Bertz CT molecular complexity index is 2390. The lowest BCUT2D eigenvalue weighted by Gasteiger charge is -2.37. The molecular weight excluding hydrogens is 900 g/mol. The van der Waals surface area contributed by atoms with Crippen LogP contribution >= 0.6 is 0 Å². The molecule has 20 nitrogen and oxygen atoms in total. The van der Waals surface area contributed by atoms with E-state index in [4.69, 9.17) is 14.2 Å². The molecule has 5 heterocycles. The Morgan fingerprint density at radius 1 is 0.776 bits per heavy atom. The highest BCUT2D eigenvalue weighted by molar-refractivity contribution is 6.72. The standard InChI is InChI=1S/C45H55FN4O16Si/c1-20-39(67(2,3)46)29(16-30(52)49-18-23-9-5-4-8-22(23)14-26(49)19-51)66-45(20)27-15-25(48-41(60)38-34(56)32(54)36(58)43(62)65-38)11-12-28(27)50(44(45)63)17-21-7-6-10-24(13-21)47-40(59)37-33(55)31(53)35(57)42(61)64-37/h4-13,15,20,26,29,31-39,42-43,51,53-58,61-62H,14,16-19H2,1-3H3,(H,47,59)(H,48,60)/t20-,26-,29+,31-,32-,33-,34-,35+,36+,37-,38-,39-,42+,43+,45+/m0/s1. The first-order valence-electron chi connectivity index (χ1n) is 21.9. The number of carbonyl (C=O) groups excluding carboxylic acids is 4. The Kier molecular flexibility index (Phi) is 13.5. The maximum absolute atomic E-state index is 16.9. The SMILES string of the molecule is C[C@H]1[C@H]([Si](C)(C)F)[C@@H](CC(=O)N2Cc3ccccc3C[C@H]2CO)O[C@]12C(=O)N(Cc1cccc(NC(=O)[C@H]3O[C@@H](O)[C@H](O)[C@@H](O)[C@@H]3O)c1)c1ccc(NC(=O)[C@H]3O[C@@H](O)[C@H](O)[C@@H](O)[C@@H]3O)cc12. The fourth-order valence-electron chi connectivity index (χ4n) is 10.3. The Labute approximate surface area is 384 Å². The molecule has 15 atom stereocenters. The van der Waals surface area contributed by atoms with E-state index in [1.165, 1.54) is 48.3 Å². The predicted octanol–water partition coefficient (Wildman–Crippen LogP) is -1.18. The molecule has 0 aromatic heterocycles. The van der Waals surface area contributed by atoms with E-state index in [-0.39, 0.29) is 48.7 Å². The van der Waals surface area contributed by atoms with Gasteiger partial charge in [-0.1, -0.05) is 43.3 Å². The van der Waals surface area contributed by atoms with Crippen LogP contribution in [0.15, 0.2) is 66.7 Å². The number of aliphatic hydroxyl groups excluding tert-OH is 9. The van der Waals surface area contributed by atoms with E-state index in [1.807, 2.05) is 24.3 Å². The zero-order chi connectivity index (χ0) is 48.4. The zero-order valence-electron chi connectivity index (χ0n) is 36.6. The summed E-state index contributed by atoms with van der Waals surface area (Å²) in [5.41, 5.74) is 0.0431. The molecule has 0 saturated carbocycles. The molecule has 362 valence electrons. The number of aliphatic hydroxyl groups is 9. The van der Waals surface area contributed by atoms with Crippen molar-refractivity contribution in [2.45, 2.75) is 131 Å².